The van der Waals surface area contributed by atoms with Crippen LogP contribution in [0, 0.1) is 11.8 Å². The van der Waals surface area contributed by atoms with Gasteiger partial charge in [0.15, 0.2) is 0 Å². The van der Waals surface area contributed by atoms with Crippen LogP contribution in [0.1, 0.15) is 84.5 Å². The minimum Gasteiger partial charge on any atom is -0.396 e. The largest absolute Gasteiger partial charge is 0.396 e. The number of ether oxygens (including phenoxy) is 2. The van der Waals surface area contributed by atoms with Crippen LogP contribution in [-0.4, -0.2) is 31.2 Å². The molecule has 3 heteroatoms. The molecule has 0 saturated carbocycles. The van der Waals surface area contributed by atoms with Gasteiger partial charge in [-0.2, -0.15) is 0 Å². The van der Waals surface area contributed by atoms with Crippen LogP contribution >= 0.6 is 0 Å². The summed E-state index contributed by atoms with van der Waals surface area (Å²) in [6, 6.07) is 0. The number of rotatable bonds is 15. The molecule has 0 unspecified atom stereocenters. The Morgan fingerprint density at radius 2 is 1.18 bits per heavy atom. The van der Waals surface area contributed by atoms with Gasteiger partial charge in [-0.15, -0.1) is 0 Å². The van der Waals surface area contributed by atoms with E-state index in [1.54, 1.807) is 0 Å². The highest BCUT2D eigenvalue weighted by Crippen LogP contribution is 2.11. The lowest BCUT2D eigenvalue weighted by atomic mass is 10.1. The van der Waals surface area contributed by atoms with E-state index in [4.69, 9.17) is 14.6 Å². The molecule has 3 nitrogen and oxygen atoms in total. The van der Waals surface area contributed by atoms with Gasteiger partial charge in [-0.1, -0.05) is 57.3 Å². The van der Waals surface area contributed by atoms with Crippen LogP contribution in [0.2, 0.25) is 0 Å². The van der Waals surface area contributed by atoms with Gasteiger partial charge in [-0.3, -0.25) is 0 Å². The number of hydrogen-bond donors (Lipinski definition) is 1. The zero-order chi connectivity index (χ0) is 16.3. The highest BCUT2D eigenvalue weighted by atomic mass is 16.7. The van der Waals surface area contributed by atoms with Crippen molar-refractivity contribution < 1.29 is 14.6 Å². The number of aliphatic hydroxyl groups excluding tert-OH is 1. The predicted octanol–water partition coefficient (Wildman–Crippen LogP) is 4.67. The third-order valence-electron chi connectivity index (χ3n) is 3.57. The molecule has 0 saturated heterocycles. The molecular weight excluding hydrogens is 276 g/mol. The highest BCUT2D eigenvalue weighted by molar-refractivity contribution is 5.02. The van der Waals surface area contributed by atoms with Crippen LogP contribution in [0.15, 0.2) is 0 Å². The molecule has 0 atom stereocenters. The fourth-order valence-electron chi connectivity index (χ4n) is 2.33. The molecule has 0 aromatic carbocycles. The van der Waals surface area contributed by atoms with Crippen LogP contribution in [0.25, 0.3) is 0 Å². The first kappa shape index (κ1) is 21.4. The van der Waals surface area contributed by atoms with Crippen LogP contribution in [-0.2, 0) is 9.47 Å². The van der Waals surface area contributed by atoms with Gasteiger partial charge in [0.05, 0.1) is 0 Å². The highest BCUT2D eigenvalue weighted by Gasteiger charge is 2.00. The lowest BCUT2D eigenvalue weighted by molar-refractivity contribution is -0.0970. The normalized spacial score (nSPS) is 10.7. The van der Waals surface area contributed by atoms with Gasteiger partial charge >= 0.3 is 0 Å². The average Bonchev–Trinajstić information content (AvgIpc) is 2.52. The summed E-state index contributed by atoms with van der Waals surface area (Å²) < 4.78 is 10.8. The molecule has 0 aliphatic carbocycles. The van der Waals surface area contributed by atoms with Gasteiger partial charge in [0.25, 0.3) is 0 Å². The van der Waals surface area contributed by atoms with Gasteiger partial charge in [0, 0.05) is 26.2 Å². The van der Waals surface area contributed by atoms with Gasteiger partial charge < -0.3 is 14.6 Å². The number of aliphatic hydroxyl groups is 1. The van der Waals surface area contributed by atoms with E-state index in [0.29, 0.717) is 19.8 Å². The zero-order valence-electron chi connectivity index (χ0n) is 14.7. The summed E-state index contributed by atoms with van der Waals surface area (Å²) in [4.78, 5) is 0. The molecule has 0 amide bonds. The maximum absolute atomic E-state index is 8.69. The van der Waals surface area contributed by atoms with Crippen LogP contribution in [0.5, 0.6) is 0 Å². The molecule has 0 aliphatic rings. The molecule has 1 N–H and O–H groups in total. The minimum absolute atomic E-state index is 0.346. The summed E-state index contributed by atoms with van der Waals surface area (Å²) in [6.07, 6.45) is 13.1. The Labute approximate surface area is 137 Å². The van der Waals surface area contributed by atoms with Crippen LogP contribution in [0.4, 0.5) is 0 Å². The molecule has 0 fully saturated rings. The van der Waals surface area contributed by atoms with Gasteiger partial charge in [-0.05, 0) is 32.6 Å². The summed E-state index contributed by atoms with van der Waals surface area (Å²) >= 11 is 0. The van der Waals surface area contributed by atoms with Crippen molar-refractivity contribution >= 4 is 0 Å². The first-order valence-corrected chi connectivity index (χ1v) is 9.17. The second kappa shape index (κ2) is 18.5. The lowest BCUT2D eigenvalue weighted by Crippen LogP contribution is -2.14. The predicted molar refractivity (Wildman–Crippen MR) is 92.7 cm³/mol. The van der Waals surface area contributed by atoms with Crippen molar-refractivity contribution in [2.45, 2.75) is 90.8 Å². The lowest BCUT2D eigenvalue weighted by Gasteiger charge is -2.09. The van der Waals surface area contributed by atoms with Crippen molar-refractivity contribution in [2.24, 2.45) is 0 Å². The maximum Gasteiger partial charge on any atom is 0.222 e. The first-order chi connectivity index (χ1) is 10.8. The van der Waals surface area contributed by atoms with E-state index in [-0.39, 0.29) is 6.29 Å². The van der Waals surface area contributed by atoms with Crippen molar-refractivity contribution in [3.63, 3.8) is 0 Å². The molecule has 0 spiro atoms. The third-order valence-corrected chi connectivity index (χ3v) is 3.57. The summed E-state index contributed by atoms with van der Waals surface area (Å²) in [5, 5.41) is 8.69. The first-order valence-electron chi connectivity index (χ1n) is 9.17. The van der Waals surface area contributed by atoms with Crippen molar-refractivity contribution in [3.05, 3.63) is 0 Å². The molecule has 0 rings (SSSR count). The minimum atomic E-state index is -0.346. The van der Waals surface area contributed by atoms with Crippen molar-refractivity contribution in [1.29, 1.82) is 0 Å². The molecule has 0 aromatic rings. The Morgan fingerprint density at radius 3 is 1.64 bits per heavy atom. The summed E-state index contributed by atoms with van der Waals surface area (Å²) in [6.45, 7) is 5.54. The van der Waals surface area contributed by atoms with Gasteiger partial charge in [0.1, 0.15) is 0 Å². The topological polar surface area (TPSA) is 38.7 Å². The van der Waals surface area contributed by atoms with E-state index in [9.17, 15) is 0 Å². The standard InChI is InChI=1S/C19H36O3/c1-3-21-19(22-4-2)17-15-13-11-9-7-5-6-8-10-12-14-16-18-20/h19-20H,3-14,16,18H2,1-2H3. The second-order valence-electron chi connectivity index (χ2n) is 5.57. The summed E-state index contributed by atoms with van der Waals surface area (Å²) in [7, 11) is 0. The molecule has 0 aromatic heterocycles. The zero-order valence-corrected chi connectivity index (χ0v) is 14.7. The van der Waals surface area contributed by atoms with Gasteiger partial charge in [-0.25, -0.2) is 0 Å². The Bertz CT molecular complexity index is 262. The Hall–Kier alpha value is -0.560. The maximum atomic E-state index is 8.69. The van der Waals surface area contributed by atoms with E-state index in [1.807, 2.05) is 13.8 Å². The van der Waals surface area contributed by atoms with E-state index in [2.05, 4.69) is 11.8 Å². The molecule has 0 radical (unpaired) electrons. The van der Waals surface area contributed by atoms with Crippen LogP contribution in [0.3, 0.4) is 0 Å². The van der Waals surface area contributed by atoms with E-state index >= 15 is 0 Å². The monoisotopic (exact) mass is 312 g/mol. The fraction of sp³-hybridized carbons (Fsp3) is 0.895. The SMILES string of the molecule is CCOC(C#CCCCCCCCCCCCCO)OCC. The number of hydrogen-bond acceptors (Lipinski definition) is 3. The van der Waals surface area contributed by atoms with E-state index < -0.39 is 0 Å². The molecule has 0 heterocycles. The Morgan fingerprint density at radius 1 is 0.727 bits per heavy atom. The molecular formula is C19H36O3. The van der Waals surface area contributed by atoms with Crippen molar-refractivity contribution in [2.75, 3.05) is 19.8 Å². The smallest absolute Gasteiger partial charge is 0.222 e. The molecule has 130 valence electrons. The fourth-order valence-corrected chi connectivity index (χ4v) is 2.33. The third kappa shape index (κ3) is 15.8. The number of unbranched alkanes of at least 4 members (excludes halogenated alkanes) is 10. The second-order valence-corrected chi connectivity index (χ2v) is 5.57. The van der Waals surface area contributed by atoms with E-state index in [0.717, 1.165) is 12.8 Å². The van der Waals surface area contributed by atoms with Crippen molar-refractivity contribution in [1.82, 2.24) is 0 Å². The molecule has 0 aliphatic heterocycles. The van der Waals surface area contributed by atoms with E-state index in [1.165, 1.54) is 57.8 Å². The molecule has 22 heavy (non-hydrogen) atoms. The van der Waals surface area contributed by atoms with Gasteiger partial charge in [0.2, 0.25) is 6.29 Å². The average molecular weight is 312 g/mol. The Balaban J connectivity index is 3.32. The summed E-state index contributed by atoms with van der Waals surface area (Å²) in [5.74, 6) is 6.21. The molecule has 0 bridgehead atoms. The Kier molecular flexibility index (Phi) is 18.0. The summed E-state index contributed by atoms with van der Waals surface area (Å²) in [5.41, 5.74) is 0. The quantitative estimate of drug-likeness (QED) is 0.271. The van der Waals surface area contributed by atoms with Crippen molar-refractivity contribution in [3.8, 4) is 11.8 Å². The van der Waals surface area contributed by atoms with Crippen LogP contribution < -0.4 is 0 Å².